The summed E-state index contributed by atoms with van der Waals surface area (Å²) in [5.74, 6) is -0.952. The molecular weight excluding hydrogens is 395 g/mol. The molecule has 0 fully saturated rings. The molecule has 4 rings (SSSR count). The Bertz CT molecular complexity index is 1270. The number of allylic oxidation sites excluding steroid dienone is 1. The minimum atomic E-state index is -0.752. The molecule has 2 aromatic heterocycles. The van der Waals surface area contributed by atoms with Gasteiger partial charge in [-0.1, -0.05) is 23.5 Å². The van der Waals surface area contributed by atoms with Crippen LogP contribution in [-0.4, -0.2) is 17.1 Å². The number of ether oxygens (including phenoxy) is 1. The number of aromatic nitrogens is 1. The lowest BCUT2D eigenvalue weighted by molar-refractivity contribution is -0.139. The fraction of sp³-hybridized carbons (Fsp3) is 0.190. The number of furan rings is 1. The fourth-order valence-corrected chi connectivity index (χ4v) is 4.31. The molecule has 0 bridgehead atoms. The Kier molecular flexibility index (Phi) is 5.02. The summed E-state index contributed by atoms with van der Waals surface area (Å²) in [6.07, 6.45) is 4.76. The highest BCUT2D eigenvalue weighted by molar-refractivity contribution is 7.07. The molecule has 0 N–H and O–H groups in total. The van der Waals surface area contributed by atoms with Crippen LogP contribution in [0.2, 0.25) is 0 Å². The van der Waals surface area contributed by atoms with Crippen molar-refractivity contribution in [3.63, 3.8) is 0 Å². The zero-order valence-corrected chi connectivity index (χ0v) is 16.5. The molecule has 1 aliphatic heterocycles. The van der Waals surface area contributed by atoms with Gasteiger partial charge in [0.1, 0.15) is 5.82 Å². The third-order valence-electron chi connectivity index (χ3n) is 4.54. The van der Waals surface area contributed by atoms with E-state index in [9.17, 15) is 14.0 Å². The molecule has 1 atom stereocenters. The zero-order chi connectivity index (χ0) is 20.5. The van der Waals surface area contributed by atoms with Crippen molar-refractivity contribution in [2.75, 3.05) is 6.61 Å². The second kappa shape index (κ2) is 7.63. The molecule has 3 heterocycles. The molecular formula is C21H17FN2O4S. The van der Waals surface area contributed by atoms with E-state index in [0.717, 1.165) is 5.56 Å². The number of nitrogens with zero attached hydrogens (tertiary/aromatic N) is 2. The van der Waals surface area contributed by atoms with Crippen LogP contribution in [0, 0.1) is 5.82 Å². The maximum absolute atomic E-state index is 13.5. The summed E-state index contributed by atoms with van der Waals surface area (Å²) in [5, 5.41) is 0. The summed E-state index contributed by atoms with van der Waals surface area (Å²) in [5.41, 5.74) is 1.78. The van der Waals surface area contributed by atoms with Crippen molar-refractivity contribution in [1.29, 1.82) is 0 Å². The minimum Gasteiger partial charge on any atom is -0.472 e. The normalized spacial score (nSPS) is 16.5. The highest BCUT2D eigenvalue weighted by Crippen LogP contribution is 2.30. The van der Waals surface area contributed by atoms with E-state index in [1.807, 2.05) is 0 Å². The third kappa shape index (κ3) is 3.47. The lowest BCUT2D eigenvalue weighted by Gasteiger charge is -2.24. The van der Waals surface area contributed by atoms with Crippen molar-refractivity contribution in [2.45, 2.75) is 19.9 Å². The van der Waals surface area contributed by atoms with Crippen molar-refractivity contribution >= 4 is 23.4 Å². The van der Waals surface area contributed by atoms with Crippen LogP contribution in [0.15, 0.2) is 68.3 Å². The molecule has 0 spiro atoms. The summed E-state index contributed by atoms with van der Waals surface area (Å²) >= 11 is 1.22. The summed E-state index contributed by atoms with van der Waals surface area (Å²) in [4.78, 5) is 30.9. The molecule has 0 aliphatic carbocycles. The van der Waals surface area contributed by atoms with Gasteiger partial charge in [-0.2, -0.15) is 0 Å². The average molecular weight is 412 g/mol. The zero-order valence-electron chi connectivity index (χ0n) is 15.7. The van der Waals surface area contributed by atoms with Gasteiger partial charge < -0.3 is 9.15 Å². The summed E-state index contributed by atoms with van der Waals surface area (Å²) < 4.78 is 25.7. The van der Waals surface area contributed by atoms with E-state index in [-0.39, 0.29) is 17.7 Å². The Morgan fingerprint density at radius 3 is 2.76 bits per heavy atom. The lowest BCUT2D eigenvalue weighted by Crippen LogP contribution is -2.39. The minimum absolute atomic E-state index is 0.191. The van der Waals surface area contributed by atoms with E-state index in [0.29, 0.717) is 20.6 Å². The molecule has 29 heavy (non-hydrogen) atoms. The second-order valence-electron chi connectivity index (χ2n) is 6.41. The lowest BCUT2D eigenvalue weighted by atomic mass is 9.96. The van der Waals surface area contributed by atoms with Gasteiger partial charge in [0, 0.05) is 5.56 Å². The number of hydrogen-bond donors (Lipinski definition) is 0. The predicted octanol–water partition coefficient (Wildman–Crippen LogP) is 2.53. The molecule has 0 amide bonds. The average Bonchev–Trinajstić information content (AvgIpc) is 3.30. The third-order valence-corrected chi connectivity index (χ3v) is 5.53. The molecule has 0 saturated carbocycles. The molecule has 148 valence electrons. The number of benzene rings is 1. The van der Waals surface area contributed by atoms with Gasteiger partial charge in [0.25, 0.3) is 5.56 Å². The molecule has 0 unspecified atom stereocenters. The highest BCUT2D eigenvalue weighted by atomic mass is 32.1. The van der Waals surface area contributed by atoms with Crippen molar-refractivity contribution in [3.05, 3.63) is 90.8 Å². The topological polar surface area (TPSA) is 73.8 Å². The van der Waals surface area contributed by atoms with Crippen LogP contribution in [0.3, 0.4) is 0 Å². The van der Waals surface area contributed by atoms with Crippen LogP contribution in [0.25, 0.3) is 6.08 Å². The Labute approximate surface area is 168 Å². The van der Waals surface area contributed by atoms with Crippen molar-refractivity contribution in [2.24, 2.45) is 4.99 Å². The first kappa shape index (κ1) is 19.1. The maximum atomic E-state index is 13.5. The van der Waals surface area contributed by atoms with Crippen molar-refractivity contribution in [1.82, 2.24) is 4.57 Å². The Hall–Kier alpha value is -3.26. The highest BCUT2D eigenvalue weighted by Gasteiger charge is 2.33. The van der Waals surface area contributed by atoms with Crippen molar-refractivity contribution in [3.8, 4) is 0 Å². The first-order valence-corrected chi connectivity index (χ1v) is 9.78. The molecule has 6 nitrogen and oxygen atoms in total. The molecule has 1 aliphatic rings. The molecule has 0 saturated heterocycles. The van der Waals surface area contributed by atoms with Crippen LogP contribution in [-0.2, 0) is 9.53 Å². The Balaban J connectivity index is 1.97. The molecule has 3 aromatic rings. The summed E-state index contributed by atoms with van der Waals surface area (Å²) in [6.45, 7) is 3.60. The summed E-state index contributed by atoms with van der Waals surface area (Å²) in [7, 11) is 0. The first-order chi connectivity index (χ1) is 14.0. The fourth-order valence-electron chi connectivity index (χ4n) is 3.26. The van der Waals surface area contributed by atoms with Gasteiger partial charge in [0.15, 0.2) is 4.80 Å². The number of carbonyl (C=O) groups is 1. The largest absolute Gasteiger partial charge is 0.472 e. The quantitative estimate of drug-likeness (QED) is 0.618. The van der Waals surface area contributed by atoms with Gasteiger partial charge in [0.2, 0.25) is 0 Å². The molecule has 0 radical (unpaired) electrons. The van der Waals surface area contributed by atoms with Gasteiger partial charge in [-0.25, -0.2) is 14.2 Å². The van der Waals surface area contributed by atoms with E-state index in [1.165, 1.54) is 40.6 Å². The SMILES string of the molecule is CCOC(=O)C1=C(C)N=c2s/c(=C/c3ccoc3)c(=O)n2[C@@H]1c1ccc(F)cc1. The molecule has 1 aromatic carbocycles. The van der Waals surface area contributed by atoms with Crippen LogP contribution in [0.1, 0.15) is 31.0 Å². The standard InChI is InChI=1S/C21H17FN2O4S/c1-3-28-20(26)17-12(2)23-21-24(18(17)14-4-6-15(22)7-5-14)19(25)16(29-21)10-13-8-9-27-11-13/h4-11,18H,3H2,1-2H3/b16-10+/t18-/m1/s1. The van der Waals surface area contributed by atoms with E-state index in [4.69, 9.17) is 9.15 Å². The first-order valence-electron chi connectivity index (χ1n) is 8.97. The number of halogens is 1. The maximum Gasteiger partial charge on any atom is 0.338 e. The van der Waals surface area contributed by atoms with Gasteiger partial charge in [0.05, 0.1) is 41.0 Å². The molecule has 8 heteroatoms. The number of carbonyl (C=O) groups excluding carboxylic acids is 1. The van der Waals surface area contributed by atoms with Crippen molar-refractivity contribution < 1.29 is 18.3 Å². The van der Waals surface area contributed by atoms with E-state index >= 15 is 0 Å². The number of rotatable bonds is 4. The number of fused-ring (bicyclic) bond motifs is 1. The van der Waals surface area contributed by atoms with Crippen LogP contribution in [0.4, 0.5) is 4.39 Å². The summed E-state index contributed by atoms with van der Waals surface area (Å²) in [6, 6.07) is 6.71. The van der Waals surface area contributed by atoms with Gasteiger partial charge >= 0.3 is 5.97 Å². The number of hydrogen-bond acceptors (Lipinski definition) is 6. The Morgan fingerprint density at radius 2 is 2.10 bits per heavy atom. The Morgan fingerprint density at radius 1 is 1.34 bits per heavy atom. The number of esters is 1. The monoisotopic (exact) mass is 412 g/mol. The van der Waals surface area contributed by atoms with Gasteiger partial charge in [-0.15, -0.1) is 0 Å². The predicted molar refractivity (Wildman–Crippen MR) is 106 cm³/mol. The van der Waals surface area contributed by atoms with Gasteiger partial charge in [-0.3, -0.25) is 9.36 Å². The van der Waals surface area contributed by atoms with Crippen LogP contribution >= 0.6 is 11.3 Å². The van der Waals surface area contributed by atoms with E-state index < -0.39 is 17.8 Å². The van der Waals surface area contributed by atoms with E-state index in [1.54, 1.807) is 38.1 Å². The van der Waals surface area contributed by atoms with Crippen LogP contribution in [0.5, 0.6) is 0 Å². The number of thiazole rings is 1. The van der Waals surface area contributed by atoms with E-state index in [2.05, 4.69) is 4.99 Å². The second-order valence-corrected chi connectivity index (χ2v) is 7.42. The van der Waals surface area contributed by atoms with Gasteiger partial charge in [-0.05, 0) is 43.7 Å². The van der Waals surface area contributed by atoms with Crippen LogP contribution < -0.4 is 14.9 Å². The smallest absolute Gasteiger partial charge is 0.338 e.